The number of H-pyrrole nitrogens is 1. The molecule has 6 nitrogen and oxygen atoms in total. The molecular formula is C21H19ClF2N4O2. The van der Waals surface area contributed by atoms with Crippen LogP contribution >= 0.6 is 11.6 Å². The van der Waals surface area contributed by atoms with Gasteiger partial charge in [0, 0.05) is 35.6 Å². The van der Waals surface area contributed by atoms with Crippen molar-refractivity contribution >= 4 is 34.3 Å². The molecule has 1 saturated carbocycles. The maximum atomic E-state index is 14.7. The summed E-state index contributed by atoms with van der Waals surface area (Å²) in [4.78, 5) is 11.4. The van der Waals surface area contributed by atoms with Gasteiger partial charge in [0.2, 0.25) is 0 Å². The van der Waals surface area contributed by atoms with E-state index in [2.05, 4.69) is 20.3 Å². The molecule has 9 heteroatoms. The Bertz CT molecular complexity index is 1120. The van der Waals surface area contributed by atoms with Gasteiger partial charge in [-0.2, -0.15) is 0 Å². The zero-order chi connectivity index (χ0) is 20.7. The quantitative estimate of drug-likeness (QED) is 0.561. The van der Waals surface area contributed by atoms with Crippen LogP contribution in [0.2, 0.25) is 5.02 Å². The maximum Gasteiger partial charge on any atom is 0.289 e. The number of nitrogens with one attached hydrogen (secondary N) is 2. The molecular weight excluding hydrogens is 414 g/mol. The number of amidine groups is 1. The number of aromatic amines is 1. The third-order valence-electron chi connectivity index (χ3n) is 5.69. The number of benzene rings is 1. The highest BCUT2D eigenvalue weighted by molar-refractivity contribution is 6.36. The van der Waals surface area contributed by atoms with Crippen LogP contribution in [0.5, 0.6) is 11.5 Å². The number of ether oxygens (including phenoxy) is 2. The van der Waals surface area contributed by atoms with Crippen molar-refractivity contribution in [2.45, 2.75) is 25.7 Å². The van der Waals surface area contributed by atoms with E-state index in [-0.39, 0.29) is 22.9 Å². The van der Waals surface area contributed by atoms with Crippen LogP contribution in [0.1, 0.15) is 25.7 Å². The van der Waals surface area contributed by atoms with Gasteiger partial charge in [0.1, 0.15) is 11.4 Å². The van der Waals surface area contributed by atoms with E-state index in [0.717, 1.165) is 25.0 Å². The first kappa shape index (κ1) is 19.1. The predicted octanol–water partition coefficient (Wildman–Crippen LogP) is 5.65. The van der Waals surface area contributed by atoms with E-state index in [1.54, 1.807) is 0 Å². The molecule has 0 saturated heterocycles. The summed E-state index contributed by atoms with van der Waals surface area (Å²) < 4.78 is 40.6. The van der Waals surface area contributed by atoms with Crippen LogP contribution < -0.4 is 10.1 Å². The van der Waals surface area contributed by atoms with Crippen molar-refractivity contribution < 1.29 is 18.3 Å². The number of hydrogen-bond acceptors (Lipinski definition) is 5. The van der Waals surface area contributed by atoms with Crippen LogP contribution in [0, 0.1) is 17.0 Å². The standard InChI is InChI=1S/C21H19ClF2N4O2/c22-13-9-26-19-17(13)16(3-6-25-19)30-18-14(23)7-12(8-15(18)24)28-20-27-10-21(11-29-20)4-1-2-5-21/h3,6-9H,1-2,4-5,10-11H2,(H,25,26)(H,27,28). The number of hydrogen-bond donors (Lipinski definition) is 2. The number of rotatable bonds is 3. The lowest BCUT2D eigenvalue weighted by molar-refractivity contribution is 0.128. The van der Waals surface area contributed by atoms with Gasteiger partial charge in [-0.15, -0.1) is 0 Å². The first-order valence-corrected chi connectivity index (χ1v) is 10.1. The smallest absolute Gasteiger partial charge is 0.289 e. The van der Waals surface area contributed by atoms with Crippen molar-refractivity contribution in [2.75, 3.05) is 18.5 Å². The molecule has 0 bridgehead atoms. The highest BCUT2D eigenvalue weighted by Gasteiger charge is 2.37. The van der Waals surface area contributed by atoms with Gasteiger partial charge in [-0.3, -0.25) is 0 Å². The molecule has 0 atom stereocenters. The van der Waals surface area contributed by atoms with E-state index in [4.69, 9.17) is 21.1 Å². The normalized spacial score (nSPS) is 17.8. The van der Waals surface area contributed by atoms with Gasteiger partial charge in [0.25, 0.3) is 6.02 Å². The minimum Gasteiger partial charge on any atom is -0.464 e. The van der Waals surface area contributed by atoms with Crippen LogP contribution in [0.4, 0.5) is 14.5 Å². The molecule has 3 heterocycles. The Hall–Kier alpha value is -2.87. The molecule has 1 spiro atoms. The number of halogens is 3. The molecule has 0 amide bonds. The van der Waals surface area contributed by atoms with Crippen LogP contribution in [-0.4, -0.2) is 29.1 Å². The number of aromatic nitrogens is 2. The summed E-state index contributed by atoms with van der Waals surface area (Å²) in [6.45, 7) is 1.23. The fourth-order valence-corrected chi connectivity index (χ4v) is 4.33. The lowest BCUT2D eigenvalue weighted by Crippen LogP contribution is -2.36. The molecule has 1 aliphatic heterocycles. The van der Waals surface area contributed by atoms with Gasteiger partial charge in [0.15, 0.2) is 17.4 Å². The Morgan fingerprint density at radius 3 is 2.67 bits per heavy atom. The Labute approximate surface area is 176 Å². The first-order chi connectivity index (χ1) is 14.5. The fraction of sp³-hybridized carbons (Fsp3) is 0.333. The lowest BCUT2D eigenvalue weighted by Gasteiger charge is -2.31. The monoisotopic (exact) mass is 432 g/mol. The third kappa shape index (κ3) is 3.45. The summed E-state index contributed by atoms with van der Waals surface area (Å²) in [5.41, 5.74) is 0.775. The summed E-state index contributed by atoms with van der Waals surface area (Å²) in [6, 6.07) is 4.05. The van der Waals surface area contributed by atoms with E-state index in [1.165, 1.54) is 31.3 Å². The summed E-state index contributed by atoms with van der Waals surface area (Å²) in [7, 11) is 0. The predicted molar refractivity (Wildman–Crippen MR) is 110 cm³/mol. The molecule has 156 valence electrons. The SMILES string of the molecule is Fc1cc(NC2=NCC3(CCCC3)CO2)cc(F)c1Oc1ccnc2[nH]cc(Cl)c12. The molecule has 5 rings (SSSR count). The minimum atomic E-state index is -0.863. The van der Waals surface area contributed by atoms with E-state index in [1.807, 2.05) is 0 Å². The Balaban J connectivity index is 1.36. The number of aliphatic imine (C=N–C) groups is 1. The minimum absolute atomic E-state index is 0.120. The largest absolute Gasteiger partial charge is 0.464 e. The first-order valence-electron chi connectivity index (χ1n) is 9.76. The molecule has 0 radical (unpaired) electrons. The van der Waals surface area contributed by atoms with E-state index < -0.39 is 17.4 Å². The summed E-state index contributed by atoms with van der Waals surface area (Å²) in [6.07, 6.45) is 7.59. The van der Waals surface area contributed by atoms with Crippen LogP contribution in [0.15, 0.2) is 35.6 Å². The van der Waals surface area contributed by atoms with Gasteiger partial charge < -0.3 is 19.8 Å². The molecule has 30 heavy (non-hydrogen) atoms. The Kier molecular flexibility index (Phi) is 4.73. The molecule has 0 unspecified atom stereocenters. The third-order valence-corrected chi connectivity index (χ3v) is 5.98. The number of anilines is 1. The topological polar surface area (TPSA) is 71.5 Å². The number of pyridine rings is 1. The second kappa shape index (κ2) is 7.43. The van der Waals surface area contributed by atoms with Gasteiger partial charge in [0.05, 0.1) is 23.6 Å². The van der Waals surface area contributed by atoms with Crippen LogP contribution in [-0.2, 0) is 4.74 Å². The van der Waals surface area contributed by atoms with Crippen molar-refractivity contribution in [1.82, 2.24) is 9.97 Å². The van der Waals surface area contributed by atoms with Crippen molar-refractivity contribution in [3.8, 4) is 11.5 Å². The number of nitrogens with zero attached hydrogens (tertiary/aromatic N) is 2. The molecule has 3 aromatic rings. The average molecular weight is 433 g/mol. The van der Waals surface area contributed by atoms with Gasteiger partial charge in [-0.25, -0.2) is 18.8 Å². The highest BCUT2D eigenvalue weighted by Crippen LogP contribution is 2.40. The molecule has 1 aromatic carbocycles. The highest BCUT2D eigenvalue weighted by atomic mass is 35.5. The summed E-state index contributed by atoms with van der Waals surface area (Å²) in [5, 5.41) is 3.65. The lowest BCUT2D eigenvalue weighted by atomic mass is 9.87. The van der Waals surface area contributed by atoms with E-state index in [9.17, 15) is 8.78 Å². The van der Waals surface area contributed by atoms with Crippen molar-refractivity contribution in [3.05, 3.63) is 47.2 Å². The van der Waals surface area contributed by atoms with Crippen LogP contribution in [0.25, 0.3) is 11.0 Å². The second-order valence-corrected chi connectivity index (χ2v) is 8.19. The molecule has 2 aliphatic rings. The number of fused-ring (bicyclic) bond motifs is 1. The van der Waals surface area contributed by atoms with Crippen LogP contribution in [0.3, 0.4) is 0 Å². The zero-order valence-electron chi connectivity index (χ0n) is 16.0. The van der Waals surface area contributed by atoms with E-state index >= 15 is 0 Å². The Morgan fingerprint density at radius 1 is 1.20 bits per heavy atom. The maximum absolute atomic E-state index is 14.7. The van der Waals surface area contributed by atoms with Crippen molar-refractivity contribution in [3.63, 3.8) is 0 Å². The molecule has 1 fully saturated rings. The fourth-order valence-electron chi connectivity index (χ4n) is 4.09. The van der Waals surface area contributed by atoms with E-state index in [0.29, 0.717) is 29.2 Å². The Morgan fingerprint density at radius 2 is 1.97 bits per heavy atom. The molecule has 2 aromatic heterocycles. The average Bonchev–Trinajstić information content (AvgIpc) is 3.34. The second-order valence-electron chi connectivity index (χ2n) is 7.78. The van der Waals surface area contributed by atoms with Gasteiger partial charge >= 0.3 is 0 Å². The summed E-state index contributed by atoms with van der Waals surface area (Å²) in [5.74, 6) is -2.05. The van der Waals surface area contributed by atoms with Crippen molar-refractivity contribution in [1.29, 1.82) is 0 Å². The zero-order valence-corrected chi connectivity index (χ0v) is 16.7. The van der Waals surface area contributed by atoms with Gasteiger partial charge in [-0.1, -0.05) is 24.4 Å². The summed E-state index contributed by atoms with van der Waals surface area (Å²) >= 11 is 6.13. The van der Waals surface area contributed by atoms with Crippen molar-refractivity contribution in [2.24, 2.45) is 10.4 Å². The van der Waals surface area contributed by atoms with Gasteiger partial charge in [-0.05, 0) is 18.9 Å². The molecule has 1 aliphatic carbocycles. The molecule has 2 N–H and O–H groups in total.